The van der Waals surface area contributed by atoms with Crippen LogP contribution in [0.1, 0.15) is 44.9 Å². The molecule has 0 saturated heterocycles. The second-order valence-electron chi connectivity index (χ2n) is 7.19. The van der Waals surface area contributed by atoms with Crippen LogP contribution in [-0.2, 0) is 14.2 Å². The number of methoxy groups -OCH3 is 2. The lowest BCUT2D eigenvalue weighted by Gasteiger charge is -2.18. The molecule has 0 heterocycles. The van der Waals surface area contributed by atoms with Gasteiger partial charge in [-0.3, -0.25) is 0 Å². The van der Waals surface area contributed by atoms with E-state index in [1.807, 2.05) is 6.08 Å². The molecule has 2 saturated carbocycles. The zero-order chi connectivity index (χ0) is 16.5. The van der Waals surface area contributed by atoms with Gasteiger partial charge < -0.3 is 19.3 Å². The average molecular weight is 326 g/mol. The van der Waals surface area contributed by atoms with Gasteiger partial charge in [0.25, 0.3) is 0 Å². The van der Waals surface area contributed by atoms with Crippen LogP contribution in [0.4, 0.5) is 0 Å². The normalized spacial score (nSPS) is 33.6. The summed E-state index contributed by atoms with van der Waals surface area (Å²) in [5.74, 6) is 2.58. The summed E-state index contributed by atoms with van der Waals surface area (Å²) >= 11 is 0. The standard InChI is InChI=1S/C19H34O4/c1-21-9-5-3-4-7-15-11-16-13-19(20)17(18(16)12-15)8-6-10-23-14-22-2/h6,8,15-20H,3-5,7,9-14H2,1-2H3/b8-6+/t15?,16-,17+,18-,19+/m0/s1. The highest BCUT2D eigenvalue weighted by Crippen LogP contribution is 2.51. The summed E-state index contributed by atoms with van der Waals surface area (Å²) in [6, 6.07) is 0. The van der Waals surface area contributed by atoms with E-state index in [-0.39, 0.29) is 6.10 Å². The van der Waals surface area contributed by atoms with Gasteiger partial charge in [-0.1, -0.05) is 31.4 Å². The van der Waals surface area contributed by atoms with E-state index in [1.54, 1.807) is 14.2 Å². The number of hydrogen-bond donors (Lipinski definition) is 1. The van der Waals surface area contributed by atoms with Crippen molar-refractivity contribution < 1.29 is 19.3 Å². The van der Waals surface area contributed by atoms with E-state index < -0.39 is 0 Å². The molecule has 4 heteroatoms. The zero-order valence-corrected chi connectivity index (χ0v) is 14.8. The topological polar surface area (TPSA) is 47.9 Å². The number of unbranched alkanes of at least 4 members (excludes halogenated alkanes) is 2. The van der Waals surface area contributed by atoms with Crippen LogP contribution in [0.3, 0.4) is 0 Å². The summed E-state index contributed by atoms with van der Waals surface area (Å²) in [5, 5.41) is 10.3. The van der Waals surface area contributed by atoms with Crippen LogP contribution in [-0.4, -0.2) is 45.4 Å². The maximum absolute atomic E-state index is 10.3. The van der Waals surface area contributed by atoms with Gasteiger partial charge in [0.1, 0.15) is 6.79 Å². The number of hydrogen-bond acceptors (Lipinski definition) is 4. The molecule has 0 amide bonds. The summed E-state index contributed by atoms with van der Waals surface area (Å²) in [5.41, 5.74) is 0. The van der Waals surface area contributed by atoms with E-state index in [0.29, 0.717) is 25.2 Å². The van der Waals surface area contributed by atoms with E-state index in [4.69, 9.17) is 14.2 Å². The van der Waals surface area contributed by atoms with Crippen LogP contribution in [0, 0.1) is 23.7 Å². The summed E-state index contributed by atoms with van der Waals surface area (Å²) in [4.78, 5) is 0. The van der Waals surface area contributed by atoms with Crippen LogP contribution in [0.25, 0.3) is 0 Å². The third kappa shape index (κ3) is 5.86. The minimum atomic E-state index is -0.161. The van der Waals surface area contributed by atoms with Crippen molar-refractivity contribution in [2.75, 3.05) is 34.2 Å². The summed E-state index contributed by atoms with van der Waals surface area (Å²) < 4.78 is 15.3. The second-order valence-corrected chi connectivity index (χ2v) is 7.19. The summed E-state index contributed by atoms with van der Waals surface area (Å²) in [7, 11) is 3.40. The van der Waals surface area contributed by atoms with Crippen molar-refractivity contribution in [3.63, 3.8) is 0 Å². The first-order valence-electron chi connectivity index (χ1n) is 9.16. The fraction of sp³-hybridized carbons (Fsp3) is 0.895. The first-order chi connectivity index (χ1) is 11.3. The summed E-state index contributed by atoms with van der Waals surface area (Å²) in [6.45, 7) is 1.78. The molecule has 2 aliphatic rings. The lowest BCUT2D eigenvalue weighted by Crippen LogP contribution is -2.17. The molecule has 1 N–H and O–H groups in total. The largest absolute Gasteiger partial charge is 0.392 e. The highest BCUT2D eigenvalue weighted by Gasteiger charge is 2.46. The number of aliphatic hydroxyl groups excluding tert-OH is 1. The fourth-order valence-corrected chi connectivity index (χ4v) is 4.55. The van der Waals surface area contributed by atoms with E-state index in [1.165, 1.54) is 38.5 Å². The SMILES string of the molecule is COCCCCCC1C[C@H]2C[C@@H](O)[C@H](/C=C/COCOC)[C@H]2C1. The number of ether oxygens (including phenoxy) is 3. The van der Waals surface area contributed by atoms with Crippen LogP contribution in [0.5, 0.6) is 0 Å². The van der Waals surface area contributed by atoms with Crippen LogP contribution >= 0.6 is 0 Å². The van der Waals surface area contributed by atoms with Gasteiger partial charge in [0.15, 0.2) is 0 Å². The monoisotopic (exact) mass is 326 g/mol. The van der Waals surface area contributed by atoms with Gasteiger partial charge in [0, 0.05) is 26.7 Å². The highest BCUT2D eigenvalue weighted by molar-refractivity contribution is 5.05. The highest BCUT2D eigenvalue weighted by atomic mass is 16.7. The molecule has 23 heavy (non-hydrogen) atoms. The predicted molar refractivity (Wildman–Crippen MR) is 91.1 cm³/mol. The molecule has 4 nitrogen and oxygen atoms in total. The second kappa shape index (κ2) is 10.4. The number of fused-ring (bicyclic) bond motifs is 1. The lowest BCUT2D eigenvalue weighted by atomic mass is 9.89. The Bertz CT molecular complexity index is 344. The maximum Gasteiger partial charge on any atom is 0.146 e. The molecule has 0 aliphatic heterocycles. The van der Waals surface area contributed by atoms with Crippen molar-refractivity contribution >= 4 is 0 Å². The third-order valence-electron chi connectivity index (χ3n) is 5.56. The molecule has 5 atom stereocenters. The molecular weight excluding hydrogens is 292 g/mol. The van der Waals surface area contributed by atoms with Gasteiger partial charge >= 0.3 is 0 Å². The lowest BCUT2D eigenvalue weighted by molar-refractivity contribution is -0.0188. The Morgan fingerprint density at radius 3 is 2.70 bits per heavy atom. The molecule has 134 valence electrons. The minimum absolute atomic E-state index is 0.161. The Morgan fingerprint density at radius 2 is 1.91 bits per heavy atom. The van der Waals surface area contributed by atoms with Crippen molar-refractivity contribution in [1.29, 1.82) is 0 Å². The Hall–Kier alpha value is -0.420. The van der Waals surface area contributed by atoms with Gasteiger partial charge in [0.05, 0.1) is 12.7 Å². The van der Waals surface area contributed by atoms with Gasteiger partial charge in [-0.05, 0) is 43.4 Å². The third-order valence-corrected chi connectivity index (χ3v) is 5.56. The fourth-order valence-electron chi connectivity index (χ4n) is 4.55. The molecule has 1 unspecified atom stereocenters. The Morgan fingerprint density at radius 1 is 1.04 bits per heavy atom. The molecule has 0 bridgehead atoms. The predicted octanol–water partition coefficient (Wildman–Crippen LogP) is 3.39. The van der Waals surface area contributed by atoms with Crippen LogP contribution < -0.4 is 0 Å². The van der Waals surface area contributed by atoms with Crippen LogP contribution in [0.15, 0.2) is 12.2 Å². The number of aliphatic hydroxyl groups is 1. The van der Waals surface area contributed by atoms with E-state index >= 15 is 0 Å². The smallest absolute Gasteiger partial charge is 0.146 e. The van der Waals surface area contributed by atoms with Crippen LogP contribution in [0.2, 0.25) is 0 Å². The van der Waals surface area contributed by atoms with Crippen molar-refractivity contribution in [3.8, 4) is 0 Å². The van der Waals surface area contributed by atoms with E-state index in [2.05, 4.69) is 6.08 Å². The Kier molecular flexibility index (Phi) is 8.59. The zero-order valence-electron chi connectivity index (χ0n) is 14.8. The number of rotatable bonds is 11. The van der Waals surface area contributed by atoms with Gasteiger partial charge in [-0.25, -0.2) is 0 Å². The molecule has 0 aromatic heterocycles. The molecule has 2 rings (SSSR count). The van der Waals surface area contributed by atoms with Crippen molar-refractivity contribution in [2.45, 2.75) is 51.0 Å². The van der Waals surface area contributed by atoms with E-state index in [9.17, 15) is 5.11 Å². The first-order valence-corrected chi connectivity index (χ1v) is 9.16. The molecular formula is C19H34O4. The molecule has 2 aliphatic carbocycles. The van der Waals surface area contributed by atoms with Crippen molar-refractivity contribution in [2.24, 2.45) is 23.7 Å². The molecule has 2 fully saturated rings. The van der Waals surface area contributed by atoms with Crippen molar-refractivity contribution in [3.05, 3.63) is 12.2 Å². The maximum atomic E-state index is 10.3. The van der Waals surface area contributed by atoms with Crippen molar-refractivity contribution in [1.82, 2.24) is 0 Å². The molecule has 0 aromatic carbocycles. The van der Waals surface area contributed by atoms with E-state index in [0.717, 1.165) is 24.9 Å². The quantitative estimate of drug-likeness (QED) is 0.359. The Balaban J connectivity index is 1.70. The van der Waals surface area contributed by atoms with Gasteiger partial charge in [-0.2, -0.15) is 0 Å². The molecule has 0 spiro atoms. The molecule has 0 aromatic rings. The summed E-state index contributed by atoms with van der Waals surface area (Å²) in [6.07, 6.45) is 12.8. The first kappa shape index (κ1) is 18.9. The average Bonchev–Trinajstić information content (AvgIpc) is 3.04. The van der Waals surface area contributed by atoms with Gasteiger partial charge in [0.2, 0.25) is 0 Å². The molecule has 0 radical (unpaired) electrons. The Labute approximate surface area is 141 Å². The van der Waals surface area contributed by atoms with Gasteiger partial charge in [-0.15, -0.1) is 0 Å². The minimum Gasteiger partial charge on any atom is -0.392 e.